The van der Waals surface area contributed by atoms with E-state index in [0.29, 0.717) is 5.92 Å². The highest BCUT2D eigenvalue weighted by Crippen LogP contribution is 2.66. The number of fused-ring (bicyclic) bond motifs is 2. The topological polar surface area (TPSA) is 26.3 Å². The van der Waals surface area contributed by atoms with Gasteiger partial charge in [-0.05, 0) is 42.2 Å². The van der Waals surface area contributed by atoms with Crippen molar-refractivity contribution in [3.8, 4) is 0 Å². The summed E-state index contributed by atoms with van der Waals surface area (Å²) in [7, 11) is 0. The van der Waals surface area contributed by atoms with E-state index < -0.39 is 0 Å². The molecule has 21 heavy (non-hydrogen) atoms. The number of carbonyl (C=O) groups is 1. The predicted molar refractivity (Wildman–Crippen MR) is 84.6 cm³/mol. The summed E-state index contributed by atoms with van der Waals surface area (Å²) in [5, 5.41) is 0. The molecule has 0 amide bonds. The molecule has 2 bridgehead atoms. The number of benzene rings is 1. The molecule has 0 aromatic heterocycles. The first kappa shape index (κ1) is 14.4. The smallest absolute Gasteiger partial charge is 0.331 e. The maximum Gasteiger partial charge on any atom is 0.331 e. The highest BCUT2D eigenvalue weighted by Gasteiger charge is 2.62. The average molecular weight is 284 g/mol. The molecule has 2 heteroatoms. The molecule has 0 N–H and O–H groups in total. The lowest BCUT2D eigenvalue weighted by Crippen LogP contribution is -2.38. The second kappa shape index (κ2) is 5.01. The summed E-state index contributed by atoms with van der Waals surface area (Å²) in [5.74, 6) is 0.479. The molecule has 0 spiro atoms. The van der Waals surface area contributed by atoms with Crippen molar-refractivity contribution < 1.29 is 9.53 Å². The minimum absolute atomic E-state index is 0.0687. The van der Waals surface area contributed by atoms with Crippen LogP contribution < -0.4 is 0 Å². The normalized spacial score (nSPS) is 33.5. The van der Waals surface area contributed by atoms with Gasteiger partial charge in [0, 0.05) is 11.5 Å². The molecule has 1 aromatic carbocycles. The second-order valence-electron chi connectivity index (χ2n) is 7.28. The maximum absolute atomic E-state index is 12.1. The number of carbonyl (C=O) groups excluding carboxylic acids is 1. The monoisotopic (exact) mass is 284 g/mol. The third kappa shape index (κ3) is 2.31. The van der Waals surface area contributed by atoms with Crippen LogP contribution in [0.2, 0.25) is 0 Å². The lowest BCUT2D eigenvalue weighted by molar-refractivity contribution is -0.150. The fraction of sp³-hybridized carbons (Fsp3) is 0.526. The summed E-state index contributed by atoms with van der Waals surface area (Å²) in [6.45, 7) is 6.95. The van der Waals surface area contributed by atoms with E-state index in [4.69, 9.17) is 4.74 Å². The molecule has 1 aromatic rings. The van der Waals surface area contributed by atoms with E-state index in [1.165, 1.54) is 12.8 Å². The van der Waals surface area contributed by atoms with Crippen molar-refractivity contribution in [2.45, 2.75) is 46.1 Å². The van der Waals surface area contributed by atoms with Gasteiger partial charge in [-0.2, -0.15) is 0 Å². The van der Waals surface area contributed by atoms with Crippen molar-refractivity contribution in [2.75, 3.05) is 0 Å². The van der Waals surface area contributed by atoms with Crippen molar-refractivity contribution in [1.82, 2.24) is 0 Å². The highest BCUT2D eigenvalue weighted by atomic mass is 16.5. The third-order valence-corrected chi connectivity index (χ3v) is 6.18. The number of hydrogen-bond acceptors (Lipinski definition) is 2. The van der Waals surface area contributed by atoms with E-state index in [1.54, 1.807) is 6.08 Å². The van der Waals surface area contributed by atoms with Gasteiger partial charge in [-0.3, -0.25) is 0 Å². The minimum atomic E-state index is -0.214. The molecule has 0 saturated heterocycles. The Balaban J connectivity index is 1.66. The SMILES string of the molecule is CC1(C)[C@H]2CC[C@]1(C)[C@H](OC(=O)C=Cc1ccccc1)C2. The first-order valence-electron chi connectivity index (χ1n) is 7.87. The predicted octanol–water partition coefficient (Wildman–Crippen LogP) is 4.46. The summed E-state index contributed by atoms with van der Waals surface area (Å²) in [6.07, 6.45) is 6.91. The first-order valence-corrected chi connectivity index (χ1v) is 7.87. The zero-order chi connectivity index (χ0) is 15.1. The van der Waals surface area contributed by atoms with Gasteiger partial charge in [-0.1, -0.05) is 51.1 Å². The Morgan fingerprint density at radius 1 is 1.24 bits per heavy atom. The van der Waals surface area contributed by atoms with Crippen molar-refractivity contribution in [1.29, 1.82) is 0 Å². The summed E-state index contributed by atoms with van der Waals surface area (Å²) < 4.78 is 5.78. The Labute approximate surface area is 127 Å². The van der Waals surface area contributed by atoms with E-state index in [1.807, 2.05) is 36.4 Å². The van der Waals surface area contributed by atoms with Crippen molar-refractivity contribution >= 4 is 12.0 Å². The molecule has 2 fully saturated rings. The van der Waals surface area contributed by atoms with Gasteiger partial charge in [0.1, 0.15) is 6.10 Å². The van der Waals surface area contributed by atoms with Crippen LogP contribution in [0.5, 0.6) is 0 Å². The van der Waals surface area contributed by atoms with Crippen LogP contribution in [0.15, 0.2) is 36.4 Å². The third-order valence-electron chi connectivity index (χ3n) is 6.18. The molecular weight excluding hydrogens is 260 g/mol. The Morgan fingerprint density at radius 3 is 2.52 bits per heavy atom. The van der Waals surface area contributed by atoms with Gasteiger partial charge in [0.05, 0.1) is 0 Å². The molecule has 2 aliphatic rings. The van der Waals surface area contributed by atoms with Crippen molar-refractivity contribution in [2.24, 2.45) is 16.7 Å². The van der Waals surface area contributed by atoms with Crippen molar-refractivity contribution in [3.05, 3.63) is 42.0 Å². The van der Waals surface area contributed by atoms with E-state index in [2.05, 4.69) is 20.8 Å². The van der Waals surface area contributed by atoms with Gasteiger partial charge in [0.15, 0.2) is 0 Å². The fourth-order valence-corrected chi connectivity index (χ4v) is 4.22. The number of esters is 1. The molecule has 3 rings (SSSR count). The van der Waals surface area contributed by atoms with Crippen LogP contribution >= 0.6 is 0 Å². The number of hydrogen-bond donors (Lipinski definition) is 0. The van der Waals surface area contributed by atoms with Gasteiger partial charge in [0.25, 0.3) is 0 Å². The molecule has 3 atom stereocenters. The number of ether oxygens (including phenoxy) is 1. The maximum atomic E-state index is 12.1. The Bertz CT molecular complexity index is 558. The number of rotatable bonds is 3. The van der Waals surface area contributed by atoms with Crippen molar-refractivity contribution in [3.63, 3.8) is 0 Å². The second-order valence-corrected chi connectivity index (χ2v) is 7.28. The standard InChI is InChI=1S/C19H24O2/c1-18(2)15-11-12-19(18,3)16(13-15)21-17(20)10-9-14-7-5-4-6-8-14/h4-10,15-16H,11-13H2,1-3H3/t15-,16+,19+/m0/s1. The molecule has 0 heterocycles. The minimum Gasteiger partial charge on any atom is -0.459 e. The lowest BCUT2D eigenvalue weighted by atomic mass is 9.70. The van der Waals surface area contributed by atoms with Gasteiger partial charge in [-0.15, -0.1) is 0 Å². The van der Waals surface area contributed by atoms with E-state index in [0.717, 1.165) is 12.0 Å². The fourth-order valence-electron chi connectivity index (χ4n) is 4.22. The van der Waals surface area contributed by atoms with Crippen LogP contribution in [0.25, 0.3) is 6.08 Å². The Morgan fingerprint density at radius 2 is 1.95 bits per heavy atom. The van der Waals surface area contributed by atoms with E-state index in [-0.39, 0.29) is 22.9 Å². The molecule has 112 valence electrons. The molecular formula is C19H24O2. The molecule has 2 saturated carbocycles. The van der Waals surface area contributed by atoms with Crippen LogP contribution in [0.1, 0.15) is 45.6 Å². The quantitative estimate of drug-likeness (QED) is 0.605. The molecule has 0 aliphatic heterocycles. The largest absolute Gasteiger partial charge is 0.459 e. The Kier molecular flexibility index (Phi) is 3.43. The lowest BCUT2D eigenvalue weighted by Gasteiger charge is -2.38. The van der Waals surface area contributed by atoms with Crippen LogP contribution in [0.3, 0.4) is 0 Å². The summed E-state index contributed by atoms with van der Waals surface area (Å²) >= 11 is 0. The molecule has 0 unspecified atom stereocenters. The van der Waals surface area contributed by atoms with E-state index >= 15 is 0 Å². The zero-order valence-corrected chi connectivity index (χ0v) is 13.1. The average Bonchev–Trinajstić information content (AvgIpc) is 2.79. The van der Waals surface area contributed by atoms with Crippen LogP contribution in [0, 0.1) is 16.7 Å². The van der Waals surface area contributed by atoms with Gasteiger partial charge in [-0.25, -0.2) is 4.79 Å². The van der Waals surface area contributed by atoms with Gasteiger partial charge >= 0.3 is 5.97 Å². The first-order chi connectivity index (χ1) is 9.93. The van der Waals surface area contributed by atoms with E-state index in [9.17, 15) is 4.79 Å². The summed E-state index contributed by atoms with van der Waals surface area (Å²) in [5.41, 5.74) is 1.43. The molecule has 0 radical (unpaired) electrons. The molecule has 2 nitrogen and oxygen atoms in total. The Hall–Kier alpha value is -1.57. The van der Waals surface area contributed by atoms with Crippen LogP contribution in [0.4, 0.5) is 0 Å². The summed E-state index contributed by atoms with van der Waals surface area (Å²) in [6, 6.07) is 9.85. The van der Waals surface area contributed by atoms with Crippen LogP contribution in [-0.4, -0.2) is 12.1 Å². The van der Waals surface area contributed by atoms with Gasteiger partial charge in [0.2, 0.25) is 0 Å². The highest BCUT2D eigenvalue weighted by molar-refractivity contribution is 5.87. The van der Waals surface area contributed by atoms with Gasteiger partial charge < -0.3 is 4.74 Å². The molecule has 2 aliphatic carbocycles. The summed E-state index contributed by atoms with van der Waals surface area (Å²) in [4.78, 5) is 12.1. The zero-order valence-electron chi connectivity index (χ0n) is 13.1. The van der Waals surface area contributed by atoms with Crippen LogP contribution in [-0.2, 0) is 9.53 Å².